The van der Waals surface area contributed by atoms with E-state index < -0.39 is 11.0 Å². The molecule has 2 aliphatic heterocycles. The predicted octanol–water partition coefficient (Wildman–Crippen LogP) is 2.80. The van der Waals surface area contributed by atoms with Crippen LogP contribution < -0.4 is 4.90 Å². The Morgan fingerprint density at radius 3 is 2.79 bits per heavy atom. The van der Waals surface area contributed by atoms with Crippen molar-refractivity contribution in [2.45, 2.75) is 39.2 Å². The number of hydrogen-bond acceptors (Lipinski definition) is 5. The summed E-state index contributed by atoms with van der Waals surface area (Å²) in [5.74, 6) is 0.0277. The van der Waals surface area contributed by atoms with Crippen molar-refractivity contribution in [3.63, 3.8) is 0 Å². The highest BCUT2D eigenvalue weighted by atomic mass is 16.6. The van der Waals surface area contributed by atoms with Gasteiger partial charge >= 0.3 is 6.09 Å². The van der Waals surface area contributed by atoms with E-state index in [1.54, 1.807) is 9.80 Å². The maximum atomic E-state index is 13.3. The summed E-state index contributed by atoms with van der Waals surface area (Å²) >= 11 is 0. The van der Waals surface area contributed by atoms with E-state index in [-0.39, 0.29) is 12.0 Å². The third-order valence-electron chi connectivity index (χ3n) is 5.48. The summed E-state index contributed by atoms with van der Waals surface area (Å²) in [5.41, 5.74) is 0.717. The number of nitrogens with one attached hydrogen (secondary N) is 1. The summed E-state index contributed by atoms with van der Waals surface area (Å²) in [6.45, 7) is 7.00. The number of carbonyl (C=O) groups excluding carboxylic acids is 2. The monoisotopic (exact) mass is 381 g/mol. The van der Waals surface area contributed by atoms with Crippen LogP contribution in [0.25, 0.3) is 10.9 Å². The lowest BCUT2D eigenvalue weighted by atomic mass is 9.85. The molecule has 4 rings (SSSR count). The fourth-order valence-electron chi connectivity index (χ4n) is 4.06. The number of nitrogens with zero attached hydrogens (tertiary/aromatic N) is 4. The first-order valence-corrected chi connectivity index (χ1v) is 9.41. The van der Waals surface area contributed by atoms with Gasteiger partial charge in [0.15, 0.2) is 5.69 Å². The van der Waals surface area contributed by atoms with Crippen LogP contribution in [0.1, 0.15) is 39.3 Å². The van der Waals surface area contributed by atoms with Gasteiger partial charge < -0.3 is 14.5 Å². The maximum Gasteiger partial charge on any atom is 0.410 e. The van der Waals surface area contributed by atoms with Crippen molar-refractivity contribution in [2.75, 3.05) is 24.5 Å². The number of benzene rings is 1. The van der Waals surface area contributed by atoms with Crippen LogP contribution in [0, 0.1) is 16.7 Å². The van der Waals surface area contributed by atoms with Crippen molar-refractivity contribution in [3.05, 3.63) is 23.9 Å². The number of aromatic nitrogens is 2. The highest BCUT2D eigenvalue weighted by Gasteiger charge is 2.52. The zero-order chi connectivity index (χ0) is 20.1. The summed E-state index contributed by atoms with van der Waals surface area (Å²) in [6, 6.07) is 7.58. The first-order valence-electron chi connectivity index (χ1n) is 9.41. The van der Waals surface area contributed by atoms with Crippen LogP contribution in [0.4, 0.5) is 10.5 Å². The van der Waals surface area contributed by atoms with E-state index in [1.807, 2.05) is 39.0 Å². The van der Waals surface area contributed by atoms with Crippen LogP contribution in [-0.2, 0) is 9.53 Å². The number of nitriles is 1. The number of fused-ring (bicyclic) bond motifs is 1. The van der Waals surface area contributed by atoms with E-state index in [2.05, 4.69) is 16.3 Å². The first-order chi connectivity index (χ1) is 13.2. The lowest BCUT2D eigenvalue weighted by molar-refractivity contribution is -0.124. The third kappa shape index (κ3) is 2.97. The predicted molar refractivity (Wildman–Crippen MR) is 103 cm³/mol. The van der Waals surface area contributed by atoms with E-state index in [4.69, 9.17) is 4.74 Å². The molecule has 8 heteroatoms. The Morgan fingerprint density at radius 1 is 1.32 bits per heavy atom. The van der Waals surface area contributed by atoms with Crippen LogP contribution in [0.3, 0.4) is 0 Å². The molecule has 0 saturated carbocycles. The van der Waals surface area contributed by atoms with Gasteiger partial charge in [-0.2, -0.15) is 10.4 Å². The Labute approximate surface area is 163 Å². The smallest absolute Gasteiger partial charge is 0.410 e. The topological polar surface area (TPSA) is 102 Å². The van der Waals surface area contributed by atoms with Gasteiger partial charge in [-0.1, -0.05) is 0 Å². The van der Waals surface area contributed by atoms with Gasteiger partial charge in [-0.25, -0.2) is 4.79 Å². The molecule has 1 spiro atoms. The third-order valence-corrected chi connectivity index (χ3v) is 5.48. The summed E-state index contributed by atoms with van der Waals surface area (Å²) in [6.07, 6.45) is 0.965. The molecule has 0 bridgehead atoms. The molecule has 1 aromatic carbocycles. The Bertz CT molecular complexity index is 999. The molecule has 0 radical (unpaired) electrons. The molecule has 146 valence electrons. The van der Waals surface area contributed by atoms with Crippen molar-refractivity contribution in [1.82, 2.24) is 15.1 Å². The second kappa shape index (κ2) is 6.23. The average Bonchev–Trinajstić information content (AvgIpc) is 3.32. The highest BCUT2D eigenvalue weighted by Crippen LogP contribution is 2.43. The van der Waals surface area contributed by atoms with Gasteiger partial charge in [0.25, 0.3) is 0 Å². The summed E-state index contributed by atoms with van der Waals surface area (Å²) < 4.78 is 5.46. The van der Waals surface area contributed by atoms with Crippen LogP contribution in [-0.4, -0.2) is 52.3 Å². The van der Waals surface area contributed by atoms with Gasteiger partial charge in [-0.05, 0) is 51.8 Å². The van der Waals surface area contributed by atoms with Crippen molar-refractivity contribution >= 4 is 28.6 Å². The molecule has 2 fully saturated rings. The number of carbonyl (C=O) groups is 2. The van der Waals surface area contributed by atoms with Gasteiger partial charge in [-0.3, -0.25) is 9.89 Å². The van der Waals surface area contributed by atoms with Crippen LogP contribution >= 0.6 is 0 Å². The minimum absolute atomic E-state index is 0.0277. The standard InChI is InChI=1S/C20H23N5O3/c1-19(2,3)28-18(27)24-8-6-20(12-24)7-9-25(17(20)26)13-4-5-15-14(10-13)16(11-21)23-22-15/h4-5,10H,6-9,12H2,1-3H3,(H,22,23)/t20-/m0/s1. The minimum Gasteiger partial charge on any atom is -0.444 e. The van der Waals surface area contributed by atoms with E-state index in [1.165, 1.54) is 0 Å². The zero-order valence-corrected chi connectivity index (χ0v) is 16.3. The Morgan fingerprint density at radius 2 is 2.07 bits per heavy atom. The molecular formula is C20H23N5O3. The largest absolute Gasteiger partial charge is 0.444 e. The fraction of sp³-hybridized carbons (Fsp3) is 0.500. The lowest BCUT2D eigenvalue weighted by Crippen LogP contribution is -2.40. The van der Waals surface area contributed by atoms with E-state index in [0.29, 0.717) is 43.6 Å². The van der Waals surface area contributed by atoms with Gasteiger partial charge in [0, 0.05) is 30.7 Å². The molecule has 0 aliphatic carbocycles. The number of rotatable bonds is 1. The number of aromatic amines is 1. The average molecular weight is 381 g/mol. The second-order valence-corrected chi connectivity index (χ2v) is 8.55. The summed E-state index contributed by atoms with van der Waals surface area (Å²) in [7, 11) is 0. The van der Waals surface area contributed by atoms with E-state index >= 15 is 0 Å². The van der Waals surface area contributed by atoms with Crippen molar-refractivity contribution in [1.29, 1.82) is 5.26 Å². The molecule has 8 nitrogen and oxygen atoms in total. The minimum atomic E-state index is -0.559. The number of ether oxygens (including phenoxy) is 1. The molecule has 2 saturated heterocycles. The van der Waals surface area contributed by atoms with Crippen LogP contribution in [0.2, 0.25) is 0 Å². The van der Waals surface area contributed by atoms with Crippen molar-refractivity contribution in [2.24, 2.45) is 5.41 Å². The Kier molecular flexibility index (Phi) is 4.07. The molecule has 2 amide bonds. The molecule has 2 aromatic rings. The maximum absolute atomic E-state index is 13.3. The van der Waals surface area contributed by atoms with Crippen molar-refractivity contribution < 1.29 is 14.3 Å². The second-order valence-electron chi connectivity index (χ2n) is 8.55. The number of H-pyrrole nitrogens is 1. The number of anilines is 1. The SMILES string of the molecule is CC(C)(C)OC(=O)N1CC[C@]2(CCN(c3ccc4[nH]nc(C#N)c4c3)C2=O)C1. The van der Waals surface area contributed by atoms with Crippen LogP contribution in [0.15, 0.2) is 18.2 Å². The van der Waals surface area contributed by atoms with Gasteiger partial charge in [-0.15, -0.1) is 0 Å². The molecular weight excluding hydrogens is 358 g/mol. The normalized spacial score (nSPS) is 22.3. The lowest BCUT2D eigenvalue weighted by Gasteiger charge is -2.26. The highest BCUT2D eigenvalue weighted by molar-refractivity contribution is 6.02. The fourth-order valence-corrected chi connectivity index (χ4v) is 4.06. The first kappa shape index (κ1) is 18.3. The van der Waals surface area contributed by atoms with Gasteiger partial charge in [0.1, 0.15) is 11.7 Å². The van der Waals surface area contributed by atoms with E-state index in [0.717, 1.165) is 11.2 Å². The van der Waals surface area contributed by atoms with Gasteiger partial charge in [0.2, 0.25) is 5.91 Å². The summed E-state index contributed by atoms with van der Waals surface area (Å²) in [5, 5.41) is 16.7. The van der Waals surface area contributed by atoms with E-state index in [9.17, 15) is 14.9 Å². The van der Waals surface area contributed by atoms with Crippen molar-refractivity contribution in [3.8, 4) is 6.07 Å². The molecule has 3 heterocycles. The van der Waals surface area contributed by atoms with Gasteiger partial charge in [0.05, 0.1) is 10.9 Å². The molecule has 2 aliphatic rings. The number of hydrogen-bond donors (Lipinski definition) is 1. The molecule has 0 unspecified atom stereocenters. The van der Waals surface area contributed by atoms with Crippen LogP contribution in [0.5, 0.6) is 0 Å². The Hall–Kier alpha value is -3.08. The summed E-state index contributed by atoms with van der Waals surface area (Å²) in [4.78, 5) is 29.0. The molecule has 28 heavy (non-hydrogen) atoms. The molecule has 1 aromatic heterocycles. The quantitative estimate of drug-likeness (QED) is 0.818. The zero-order valence-electron chi connectivity index (χ0n) is 16.3. The molecule has 1 N–H and O–H groups in total. The number of amides is 2. The Balaban J connectivity index is 1.54. The number of likely N-dealkylation sites (tertiary alicyclic amines) is 1. The molecule has 1 atom stereocenters.